The summed E-state index contributed by atoms with van der Waals surface area (Å²) in [6.45, 7) is 1.85. The van der Waals surface area contributed by atoms with E-state index < -0.39 is 5.60 Å². The minimum absolute atomic E-state index is 0.477. The fourth-order valence-corrected chi connectivity index (χ4v) is 3.05. The lowest BCUT2D eigenvalue weighted by Crippen LogP contribution is -2.46. The van der Waals surface area contributed by atoms with Gasteiger partial charge in [0.15, 0.2) is 0 Å². The molecule has 4 nitrogen and oxygen atoms in total. The molecular weight excluding hydrogens is 284 g/mol. The summed E-state index contributed by atoms with van der Waals surface area (Å²) in [6.07, 6.45) is 2.95. The molecule has 5 heteroatoms. The molecule has 0 bridgehead atoms. The molecule has 1 aliphatic rings. The quantitative estimate of drug-likeness (QED) is 0.826. The predicted molar refractivity (Wildman–Crippen MR) is 83.4 cm³/mol. The van der Waals surface area contributed by atoms with E-state index in [1.807, 2.05) is 35.7 Å². The standard InChI is InChI=1S/C16H20N2O2S/c19-16(7-4-8-16)12-17-9-13-11-21-15(18-13)10-20-14-5-2-1-3-6-14/h1-3,5-6,11,17,19H,4,7-10,12H2. The molecule has 3 rings (SSSR count). The van der Waals surface area contributed by atoms with Gasteiger partial charge >= 0.3 is 0 Å². The Morgan fingerprint density at radius 3 is 2.81 bits per heavy atom. The predicted octanol–water partition coefficient (Wildman–Crippen LogP) is 2.73. The maximum atomic E-state index is 10.0. The molecule has 2 N–H and O–H groups in total. The van der Waals surface area contributed by atoms with Gasteiger partial charge in [0.05, 0.1) is 11.3 Å². The Balaban J connectivity index is 1.43. The van der Waals surface area contributed by atoms with Crippen LogP contribution in [0.15, 0.2) is 35.7 Å². The van der Waals surface area contributed by atoms with Gasteiger partial charge in [-0.15, -0.1) is 11.3 Å². The van der Waals surface area contributed by atoms with Crippen LogP contribution in [0.2, 0.25) is 0 Å². The zero-order valence-electron chi connectivity index (χ0n) is 11.9. The Hall–Kier alpha value is -1.43. The summed E-state index contributed by atoms with van der Waals surface area (Å²) in [5.74, 6) is 0.861. The summed E-state index contributed by atoms with van der Waals surface area (Å²) in [5, 5.41) is 16.3. The monoisotopic (exact) mass is 304 g/mol. The first-order valence-electron chi connectivity index (χ1n) is 7.28. The normalized spacial score (nSPS) is 16.4. The fraction of sp³-hybridized carbons (Fsp3) is 0.438. The van der Waals surface area contributed by atoms with Gasteiger partial charge in [-0.05, 0) is 31.4 Å². The van der Waals surface area contributed by atoms with Crippen LogP contribution >= 0.6 is 11.3 Å². The van der Waals surface area contributed by atoms with Crippen molar-refractivity contribution in [3.63, 3.8) is 0 Å². The van der Waals surface area contributed by atoms with Gasteiger partial charge in [-0.2, -0.15) is 0 Å². The van der Waals surface area contributed by atoms with Crippen molar-refractivity contribution in [1.82, 2.24) is 10.3 Å². The van der Waals surface area contributed by atoms with E-state index in [0.717, 1.165) is 35.7 Å². The molecule has 2 aromatic rings. The molecule has 0 radical (unpaired) electrons. The number of nitrogens with zero attached hydrogens (tertiary/aromatic N) is 1. The van der Waals surface area contributed by atoms with Crippen LogP contribution in [0.3, 0.4) is 0 Å². The van der Waals surface area contributed by atoms with Crippen LogP contribution in [-0.2, 0) is 13.2 Å². The van der Waals surface area contributed by atoms with Gasteiger partial charge in [0, 0.05) is 18.5 Å². The first kappa shape index (κ1) is 14.5. The molecule has 1 aromatic heterocycles. The first-order chi connectivity index (χ1) is 10.2. The highest BCUT2D eigenvalue weighted by Crippen LogP contribution is 2.30. The molecule has 112 valence electrons. The van der Waals surface area contributed by atoms with E-state index >= 15 is 0 Å². The second-order valence-electron chi connectivity index (χ2n) is 5.52. The van der Waals surface area contributed by atoms with E-state index in [1.54, 1.807) is 11.3 Å². The summed E-state index contributed by atoms with van der Waals surface area (Å²) in [7, 11) is 0. The van der Waals surface area contributed by atoms with Crippen molar-refractivity contribution in [2.45, 2.75) is 38.0 Å². The van der Waals surface area contributed by atoms with Crippen molar-refractivity contribution in [1.29, 1.82) is 0 Å². The Kier molecular flexibility index (Phi) is 4.53. The van der Waals surface area contributed by atoms with Crippen LogP contribution in [0.5, 0.6) is 5.75 Å². The molecular formula is C16H20N2O2S. The van der Waals surface area contributed by atoms with Gasteiger partial charge in [0.25, 0.3) is 0 Å². The summed E-state index contributed by atoms with van der Waals surface area (Å²) in [6, 6.07) is 9.76. The van der Waals surface area contributed by atoms with Crippen LogP contribution in [-0.4, -0.2) is 22.2 Å². The lowest BCUT2D eigenvalue weighted by molar-refractivity contribution is -0.0315. The molecule has 21 heavy (non-hydrogen) atoms. The van der Waals surface area contributed by atoms with Gasteiger partial charge < -0.3 is 15.2 Å². The number of ether oxygens (including phenoxy) is 1. The molecule has 1 fully saturated rings. The lowest BCUT2D eigenvalue weighted by atomic mass is 9.80. The van der Waals surface area contributed by atoms with Gasteiger partial charge in [-0.3, -0.25) is 0 Å². The molecule has 0 aliphatic heterocycles. The topological polar surface area (TPSA) is 54.4 Å². The number of benzene rings is 1. The number of hydrogen-bond donors (Lipinski definition) is 2. The molecule has 0 amide bonds. The Labute approximate surface area is 128 Å². The molecule has 0 unspecified atom stereocenters. The Bertz CT molecular complexity index is 567. The number of para-hydroxylation sites is 1. The third kappa shape index (κ3) is 4.03. The number of hydrogen-bond acceptors (Lipinski definition) is 5. The molecule has 1 heterocycles. The molecule has 0 spiro atoms. The summed E-state index contributed by atoms with van der Waals surface area (Å²) in [5.41, 5.74) is 0.532. The van der Waals surface area contributed by atoms with Crippen LogP contribution in [0.4, 0.5) is 0 Å². The summed E-state index contributed by atoms with van der Waals surface area (Å²) in [4.78, 5) is 4.54. The molecule has 0 atom stereocenters. The maximum absolute atomic E-state index is 10.0. The van der Waals surface area contributed by atoms with Gasteiger partial charge in [-0.25, -0.2) is 4.98 Å². The van der Waals surface area contributed by atoms with Crippen molar-refractivity contribution >= 4 is 11.3 Å². The second kappa shape index (κ2) is 6.56. The molecule has 1 saturated carbocycles. The largest absolute Gasteiger partial charge is 0.486 e. The number of nitrogens with one attached hydrogen (secondary N) is 1. The van der Waals surface area contributed by atoms with Crippen LogP contribution < -0.4 is 10.1 Å². The number of aliphatic hydroxyl groups is 1. The van der Waals surface area contributed by atoms with E-state index in [0.29, 0.717) is 19.7 Å². The van der Waals surface area contributed by atoms with Crippen LogP contribution in [0.1, 0.15) is 30.0 Å². The van der Waals surface area contributed by atoms with Crippen LogP contribution in [0, 0.1) is 0 Å². The highest BCUT2D eigenvalue weighted by atomic mass is 32.1. The Morgan fingerprint density at radius 2 is 2.10 bits per heavy atom. The first-order valence-corrected chi connectivity index (χ1v) is 8.16. The number of thiazole rings is 1. The van der Waals surface area contributed by atoms with Gasteiger partial charge in [0.1, 0.15) is 17.4 Å². The lowest BCUT2D eigenvalue weighted by Gasteiger charge is -2.36. The summed E-state index contributed by atoms with van der Waals surface area (Å²) >= 11 is 1.61. The third-order valence-electron chi connectivity index (χ3n) is 3.75. The average molecular weight is 304 g/mol. The summed E-state index contributed by atoms with van der Waals surface area (Å²) < 4.78 is 5.68. The van der Waals surface area contributed by atoms with E-state index in [-0.39, 0.29) is 0 Å². The number of rotatable bonds is 7. The minimum atomic E-state index is -0.477. The van der Waals surface area contributed by atoms with Crippen molar-refractivity contribution in [2.24, 2.45) is 0 Å². The van der Waals surface area contributed by atoms with Gasteiger partial charge in [-0.1, -0.05) is 18.2 Å². The van der Waals surface area contributed by atoms with Crippen molar-refractivity contribution in [3.05, 3.63) is 46.4 Å². The highest BCUT2D eigenvalue weighted by molar-refractivity contribution is 7.09. The third-order valence-corrected chi connectivity index (χ3v) is 4.62. The minimum Gasteiger partial charge on any atom is -0.486 e. The van der Waals surface area contributed by atoms with Crippen molar-refractivity contribution < 1.29 is 9.84 Å². The van der Waals surface area contributed by atoms with Gasteiger partial charge in [0.2, 0.25) is 0 Å². The van der Waals surface area contributed by atoms with E-state index in [1.165, 1.54) is 0 Å². The molecule has 0 saturated heterocycles. The average Bonchev–Trinajstić information content (AvgIpc) is 2.92. The van der Waals surface area contributed by atoms with Crippen molar-refractivity contribution in [2.75, 3.05) is 6.54 Å². The number of aromatic nitrogens is 1. The van der Waals surface area contributed by atoms with Crippen LogP contribution in [0.25, 0.3) is 0 Å². The fourth-order valence-electron chi connectivity index (χ4n) is 2.34. The molecule has 1 aliphatic carbocycles. The second-order valence-corrected chi connectivity index (χ2v) is 6.46. The van der Waals surface area contributed by atoms with E-state index in [4.69, 9.17) is 4.74 Å². The zero-order valence-corrected chi connectivity index (χ0v) is 12.7. The molecule has 1 aromatic carbocycles. The van der Waals surface area contributed by atoms with E-state index in [2.05, 4.69) is 10.3 Å². The zero-order chi connectivity index (χ0) is 14.5. The SMILES string of the molecule is OC1(CNCc2csc(COc3ccccc3)n2)CCC1. The smallest absolute Gasteiger partial charge is 0.140 e. The highest BCUT2D eigenvalue weighted by Gasteiger charge is 2.33. The Morgan fingerprint density at radius 1 is 1.29 bits per heavy atom. The van der Waals surface area contributed by atoms with Crippen molar-refractivity contribution in [3.8, 4) is 5.75 Å². The maximum Gasteiger partial charge on any atom is 0.140 e. The van der Waals surface area contributed by atoms with E-state index in [9.17, 15) is 5.11 Å².